The Balaban J connectivity index is 1.56. The van der Waals surface area contributed by atoms with Gasteiger partial charge in [0.1, 0.15) is 6.10 Å². The van der Waals surface area contributed by atoms with E-state index in [9.17, 15) is 9.90 Å². The van der Waals surface area contributed by atoms with Crippen LogP contribution in [-0.4, -0.2) is 55.5 Å². The minimum atomic E-state index is -0.847. The van der Waals surface area contributed by atoms with Crippen molar-refractivity contribution in [2.24, 2.45) is 11.7 Å². The van der Waals surface area contributed by atoms with Crippen molar-refractivity contribution in [1.82, 2.24) is 5.32 Å². The average molecular weight is 336 g/mol. The quantitative estimate of drug-likeness (QED) is 0.695. The van der Waals surface area contributed by atoms with Crippen molar-refractivity contribution in [3.05, 3.63) is 35.9 Å². The molecule has 5 atom stereocenters. The Bertz CT molecular complexity index is 541. The molecule has 0 bridgehead atoms. The molecule has 5 unspecified atom stereocenters. The lowest BCUT2D eigenvalue weighted by Crippen LogP contribution is -2.49. The van der Waals surface area contributed by atoms with Crippen LogP contribution in [0.5, 0.6) is 0 Å². The monoisotopic (exact) mass is 336 g/mol. The Morgan fingerprint density at radius 3 is 2.92 bits per heavy atom. The Hall–Kier alpha value is -1.67. The highest BCUT2D eigenvalue weighted by molar-refractivity contribution is 5.68. The topological polar surface area (TPSA) is 103 Å². The van der Waals surface area contributed by atoms with Gasteiger partial charge in [-0.05, 0) is 18.4 Å². The number of hydrogen-bond acceptors (Lipinski definition) is 6. The first kappa shape index (κ1) is 17.2. The van der Waals surface area contributed by atoms with E-state index in [1.807, 2.05) is 30.3 Å². The molecule has 1 amide bonds. The Labute approximate surface area is 141 Å². The second-order valence-electron chi connectivity index (χ2n) is 6.21. The molecular weight excluding hydrogens is 312 g/mol. The maximum Gasteiger partial charge on any atom is 0.407 e. The van der Waals surface area contributed by atoms with Crippen molar-refractivity contribution < 1.29 is 24.1 Å². The lowest BCUT2D eigenvalue weighted by molar-refractivity contribution is -0.0907. The van der Waals surface area contributed by atoms with Gasteiger partial charge >= 0.3 is 6.09 Å². The number of ether oxygens (including phenoxy) is 3. The molecule has 24 heavy (non-hydrogen) atoms. The lowest BCUT2D eigenvalue weighted by Gasteiger charge is -2.24. The summed E-state index contributed by atoms with van der Waals surface area (Å²) in [7, 11) is 0. The maximum absolute atomic E-state index is 12.2. The summed E-state index contributed by atoms with van der Waals surface area (Å²) in [5.41, 5.74) is 6.56. The number of aliphatic hydroxyl groups is 1. The zero-order valence-corrected chi connectivity index (χ0v) is 13.5. The third-order valence-corrected chi connectivity index (χ3v) is 4.55. The van der Waals surface area contributed by atoms with Crippen LogP contribution >= 0.6 is 0 Å². The number of rotatable bonds is 6. The number of fused-ring (bicyclic) bond motifs is 1. The zero-order valence-electron chi connectivity index (χ0n) is 13.5. The van der Waals surface area contributed by atoms with Crippen molar-refractivity contribution >= 4 is 6.09 Å². The summed E-state index contributed by atoms with van der Waals surface area (Å²) in [5, 5.41) is 12.8. The van der Waals surface area contributed by atoms with E-state index in [4.69, 9.17) is 19.9 Å². The highest BCUT2D eigenvalue weighted by atomic mass is 16.7. The van der Waals surface area contributed by atoms with Crippen LogP contribution < -0.4 is 11.1 Å². The smallest absolute Gasteiger partial charge is 0.407 e. The highest BCUT2D eigenvalue weighted by Gasteiger charge is 2.44. The first-order valence-corrected chi connectivity index (χ1v) is 8.30. The number of aliphatic hydroxyl groups excluding tert-OH is 1. The van der Waals surface area contributed by atoms with E-state index in [2.05, 4.69) is 5.32 Å². The van der Waals surface area contributed by atoms with E-state index >= 15 is 0 Å². The molecule has 0 radical (unpaired) electrons. The van der Waals surface area contributed by atoms with Gasteiger partial charge in [-0.2, -0.15) is 0 Å². The van der Waals surface area contributed by atoms with Gasteiger partial charge in [-0.1, -0.05) is 30.3 Å². The Morgan fingerprint density at radius 2 is 2.17 bits per heavy atom. The summed E-state index contributed by atoms with van der Waals surface area (Å²) < 4.78 is 16.4. The van der Waals surface area contributed by atoms with Crippen molar-refractivity contribution in [3.8, 4) is 0 Å². The summed E-state index contributed by atoms with van der Waals surface area (Å²) in [6.07, 6.45) is -0.696. The van der Waals surface area contributed by atoms with Gasteiger partial charge in [0, 0.05) is 6.54 Å². The predicted octanol–water partition coefficient (Wildman–Crippen LogP) is 0.405. The number of carbonyl (C=O) groups is 1. The first-order chi connectivity index (χ1) is 11.7. The zero-order chi connectivity index (χ0) is 16.9. The molecule has 0 aromatic heterocycles. The van der Waals surface area contributed by atoms with Crippen molar-refractivity contribution in [2.45, 2.75) is 37.4 Å². The summed E-state index contributed by atoms with van der Waals surface area (Å²) in [6.45, 7) is 1.02. The number of hydrogen-bond donors (Lipinski definition) is 3. The molecule has 2 heterocycles. The third-order valence-electron chi connectivity index (χ3n) is 4.55. The minimum Gasteiger partial charge on any atom is -0.443 e. The van der Waals surface area contributed by atoms with Crippen LogP contribution in [0.4, 0.5) is 4.79 Å². The molecule has 1 aromatic rings. The normalized spacial score (nSPS) is 28.2. The van der Waals surface area contributed by atoms with Crippen molar-refractivity contribution in [1.29, 1.82) is 0 Å². The van der Waals surface area contributed by atoms with Crippen LogP contribution in [0, 0.1) is 5.92 Å². The van der Waals surface area contributed by atoms with Gasteiger partial charge in [0.2, 0.25) is 0 Å². The number of amides is 1. The van der Waals surface area contributed by atoms with Crippen LogP contribution in [0.15, 0.2) is 30.3 Å². The fourth-order valence-corrected chi connectivity index (χ4v) is 3.19. The fraction of sp³-hybridized carbons (Fsp3) is 0.588. The standard InChI is InChI=1S/C17H24N2O5/c18-9-14(20)13(8-11-4-2-1-3-5-11)19-17(21)24-15-10-23-16-12(15)6-7-22-16/h1-5,12-16,20H,6-10,18H2,(H,19,21). The summed E-state index contributed by atoms with van der Waals surface area (Å²) in [4.78, 5) is 12.2. The van der Waals surface area contributed by atoms with Crippen LogP contribution in [0.2, 0.25) is 0 Å². The van der Waals surface area contributed by atoms with Crippen LogP contribution in [0.1, 0.15) is 12.0 Å². The molecular formula is C17H24N2O5. The van der Waals surface area contributed by atoms with Gasteiger partial charge in [0.05, 0.1) is 31.3 Å². The third kappa shape index (κ3) is 4.05. The minimum absolute atomic E-state index is 0.0584. The number of nitrogens with two attached hydrogens (primary N) is 1. The molecule has 0 spiro atoms. The molecule has 2 aliphatic rings. The molecule has 1 aromatic carbocycles. The molecule has 2 aliphatic heterocycles. The predicted molar refractivity (Wildman–Crippen MR) is 86.2 cm³/mol. The van der Waals surface area contributed by atoms with Gasteiger partial charge in [0.25, 0.3) is 0 Å². The molecule has 7 nitrogen and oxygen atoms in total. The number of nitrogens with one attached hydrogen (secondary N) is 1. The van der Waals surface area contributed by atoms with Crippen molar-refractivity contribution in [3.63, 3.8) is 0 Å². The Kier molecular flexibility index (Phi) is 5.68. The second kappa shape index (κ2) is 7.94. The molecule has 0 saturated carbocycles. The molecule has 2 fully saturated rings. The van der Waals surface area contributed by atoms with Crippen LogP contribution in [-0.2, 0) is 20.6 Å². The summed E-state index contributed by atoms with van der Waals surface area (Å²) >= 11 is 0. The molecule has 132 valence electrons. The SMILES string of the molecule is NCC(O)C(Cc1ccccc1)NC(=O)OC1COC2OCCC12. The van der Waals surface area contributed by atoms with Crippen LogP contribution in [0.25, 0.3) is 0 Å². The number of carbonyl (C=O) groups excluding carboxylic acids is 1. The maximum atomic E-state index is 12.2. The lowest BCUT2D eigenvalue weighted by atomic mass is 10.0. The highest BCUT2D eigenvalue weighted by Crippen LogP contribution is 2.32. The number of benzene rings is 1. The van der Waals surface area contributed by atoms with Gasteiger partial charge < -0.3 is 30.4 Å². The summed E-state index contributed by atoms with van der Waals surface area (Å²) in [6, 6.07) is 9.11. The van der Waals surface area contributed by atoms with E-state index < -0.39 is 18.2 Å². The van der Waals surface area contributed by atoms with Gasteiger partial charge in [0.15, 0.2) is 6.29 Å². The van der Waals surface area contributed by atoms with E-state index in [-0.39, 0.29) is 24.9 Å². The fourth-order valence-electron chi connectivity index (χ4n) is 3.19. The van der Waals surface area contributed by atoms with Gasteiger partial charge in [-0.15, -0.1) is 0 Å². The summed E-state index contributed by atoms with van der Waals surface area (Å²) in [5.74, 6) is 0.0859. The molecule has 3 rings (SSSR count). The van der Waals surface area contributed by atoms with E-state index in [0.717, 1.165) is 12.0 Å². The van der Waals surface area contributed by atoms with Gasteiger partial charge in [-0.25, -0.2) is 4.79 Å². The van der Waals surface area contributed by atoms with Gasteiger partial charge in [-0.3, -0.25) is 0 Å². The molecule has 7 heteroatoms. The second-order valence-corrected chi connectivity index (χ2v) is 6.21. The van der Waals surface area contributed by atoms with E-state index in [1.165, 1.54) is 0 Å². The molecule has 0 aliphatic carbocycles. The average Bonchev–Trinajstić information content (AvgIpc) is 3.19. The van der Waals surface area contributed by atoms with E-state index in [0.29, 0.717) is 19.6 Å². The Morgan fingerprint density at radius 1 is 1.38 bits per heavy atom. The first-order valence-electron chi connectivity index (χ1n) is 8.30. The molecule has 4 N–H and O–H groups in total. The van der Waals surface area contributed by atoms with Crippen LogP contribution in [0.3, 0.4) is 0 Å². The van der Waals surface area contributed by atoms with E-state index in [1.54, 1.807) is 0 Å². The number of alkyl carbamates (subject to hydrolysis) is 1. The van der Waals surface area contributed by atoms with Crippen molar-refractivity contribution in [2.75, 3.05) is 19.8 Å². The molecule has 2 saturated heterocycles. The largest absolute Gasteiger partial charge is 0.443 e.